The monoisotopic (exact) mass is 382 g/mol. The van der Waals surface area contributed by atoms with E-state index in [2.05, 4.69) is 13.8 Å². The van der Waals surface area contributed by atoms with Crippen LogP contribution in [0.25, 0.3) is 0 Å². The Morgan fingerprint density at radius 2 is 1.88 bits per heavy atom. The number of carbonyl (C=O) groups is 3. The molecular formula is C20H34N2O3S. The second-order valence-electron chi connectivity index (χ2n) is 7.86. The zero-order valence-electron chi connectivity index (χ0n) is 16.8. The molecule has 5 nitrogen and oxygen atoms in total. The highest BCUT2D eigenvalue weighted by molar-refractivity contribution is 8.00. The third-order valence-corrected chi connectivity index (χ3v) is 5.95. The Balaban J connectivity index is 2.52. The van der Waals surface area contributed by atoms with Gasteiger partial charge in [0, 0.05) is 30.5 Å². The fourth-order valence-electron chi connectivity index (χ4n) is 3.13. The van der Waals surface area contributed by atoms with Crippen LogP contribution < -0.4 is 0 Å². The Morgan fingerprint density at radius 1 is 1.23 bits per heavy atom. The summed E-state index contributed by atoms with van der Waals surface area (Å²) in [6, 6.07) is -0.310. The molecule has 0 aliphatic carbocycles. The zero-order chi connectivity index (χ0) is 19.9. The van der Waals surface area contributed by atoms with E-state index in [1.54, 1.807) is 0 Å². The number of nitrogens with zero attached hydrogens (tertiary/aromatic N) is 1. The number of hydrogen-bond donors (Lipinski definition) is 1. The van der Waals surface area contributed by atoms with Crippen LogP contribution in [0.3, 0.4) is 0 Å². The molecule has 0 saturated carbocycles. The lowest BCUT2D eigenvalue weighted by Gasteiger charge is -2.25. The van der Waals surface area contributed by atoms with Gasteiger partial charge in [0.1, 0.15) is 5.78 Å². The number of likely N-dealkylation sites (tertiary alicyclic amines) is 1. The average Bonchev–Trinajstić information content (AvgIpc) is 2.82. The van der Waals surface area contributed by atoms with E-state index >= 15 is 0 Å². The van der Waals surface area contributed by atoms with E-state index in [4.69, 9.17) is 5.41 Å². The molecule has 2 atom stereocenters. The van der Waals surface area contributed by atoms with Crippen molar-refractivity contribution in [1.29, 1.82) is 5.41 Å². The quantitative estimate of drug-likeness (QED) is 0.313. The molecule has 1 N–H and O–H groups in total. The SMILES string of the molecule is CCC(CC(=O)C(C)C)N1C(=O)CC(SCCCC(=N)CC(C)C)C1=O. The maximum atomic E-state index is 12.7. The van der Waals surface area contributed by atoms with Gasteiger partial charge in [0.25, 0.3) is 0 Å². The van der Waals surface area contributed by atoms with Crippen LogP contribution in [-0.2, 0) is 14.4 Å². The van der Waals surface area contributed by atoms with Crippen molar-refractivity contribution in [1.82, 2.24) is 4.90 Å². The van der Waals surface area contributed by atoms with Gasteiger partial charge in [-0.1, -0.05) is 34.6 Å². The first-order valence-corrected chi connectivity index (χ1v) is 10.8. The van der Waals surface area contributed by atoms with Crippen molar-refractivity contribution in [3.05, 3.63) is 0 Å². The number of rotatable bonds is 12. The normalized spacial score (nSPS) is 18.9. The fraction of sp³-hybridized carbons (Fsp3) is 0.800. The summed E-state index contributed by atoms with van der Waals surface area (Å²) < 4.78 is 0. The minimum absolute atomic E-state index is 0.0804. The first-order valence-electron chi connectivity index (χ1n) is 9.73. The van der Waals surface area contributed by atoms with E-state index in [9.17, 15) is 14.4 Å². The molecule has 1 rings (SSSR count). The Hall–Kier alpha value is -1.17. The minimum atomic E-state index is -0.329. The van der Waals surface area contributed by atoms with Crippen molar-refractivity contribution >= 4 is 35.1 Å². The van der Waals surface area contributed by atoms with E-state index in [1.165, 1.54) is 16.7 Å². The minimum Gasteiger partial charge on any atom is -0.310 e. The summed E-state index contributed by atoms with van der Waals surface area (Å²) in [5.41, 5.74) is 0.759. The highest BCUT2D eigenvalue weighted by atomic mass is 32.2. The largest absolute Gasteiger partial charge is 0.310 e. The molecule has 2 amide bonds. The standard InChI is InChI=1S/C20H34N2O3S/c1-6-16(11-17(23)14(4)5)22-19(24)12-18(20(22)25)26-9-7-8-15(21)10-13(2)3/h13-14,16,18,21H,6-12H2,1-5H3. The zero-order valence-corrected chi connectivity index (χ0v) is 17.7. The molecule has 1 fully saturated rings. The molecule has 0 aromatic heterocycles. The summed E-state index contributed by atoms with van der Waals surface area (Å²) in [4.78, 5) is 38.4. The van der Waals surface area contributed by atoms with Crippen LogP contribution >= 0.6 is 11.8 Å². The van der Waals surface area contributed by atoms with Gasteiger partial charge in [-0.2, -0.15) is 0 Å². The van der Waals surface area contributed by atoms with E-state index < -0.39 is 0 Å². The summed E-state index contributed by atoms with van der Waals surface area (Å²) in [6.45, 7) is 9.82. The van der Waals surface area contributed by atoms with Gasteiger partial charge >= 0.3 is 0 Å². The van der Waals surface area contributed by atoms with E-state index in [0.717, 1.165) is 30.7 Å². The van der Waals surface area contributed by atoms with Crippen LogP contribution in [0.4, 0.5) is 0 Å². The highest BCUT2D eigenvalue weighted by Gasteiger charge is 2.42. The third-order valence-electron chi connectivity index (χ3n) is 4.66. The summed E-state index contributed by atoms with van der Waals surface area (Å²) in [7, 11) is 0. The maximum absolute atomic E-state index is 12.7. The van der Waals surface area contributed by atoms with Crippen molar-refractivity contribution < 1.29 is 14.4 Å². The van der Waals surface area contributed by atoms with Crippen LogP contribution in [0.1, 0.15) is 73.1 Å². The Bertz CT molecular complexity index is 531. The molecule has 2 unspecified atom stereocenters. The number of nitrogens with one attached hydrogen (secondary N) is 1. The summed E-state index contributed by atoms with van der Waals surface area (Å²) in [5.74, 6) is 1.00. The Labute approximate surface area is 162 Å². The van der Waals surface area contributed by atoms with Gasteiger partial charge in [0.15, 0.2) is 0 Å². The number of Topliss-reactive ketones (excluding diaryl/α,β-unsaturated/α-hetero) is 1. The van der Waals surface area contributed by atoms with Crippen molar-refractivity contribution in [2.45, 2.75) is 84.4 Å². The topological polar surface area (TPSA) is 78.3 Å². The Morgan fingerprint density at radius 3 is 2.42 bits per heavy atom. The first-order chi connectivity index (χ1) is 12.2. The van der Waals surface area contributed by atoms with Crippen molar-refractivity contribution in [3.63, 3.8) is 0 Å². The summed E-state index contributed by atoms with van der Waals surface area (Å²) in [5, 5.41) is 7.59. The van der Waals surface area contributed by atoms with Gasteiger partial charge in [0.2, 0.25) is 11.8 Å². The molecule has 0 radical (unpaired) electrons. The van der Waals surface area contributed by atoms with E-state index in [0.29, 0.717) is 12.3 Å². The molecule has 1 saturated heterocycles. The number of amides is 2. The van der Waals surface area contributed by atoms with Crippen LogP contribution in [-0.4, -0.2) is 45.3 Å². The lowest BCUT2D eigenvalue weighted by molar-refractivity contribution is -0.141. The lowest BCUT2D eigenvalue weighted by Crippen LogP contribution is -2.42. The fourth-order valence-corrected chi connectivity index (χ4v) is 4.24. The van der Waals surface area contributed by atoms with Gasteiger partial charge in [-0.15, -0.1) is 11.8 Å². The predicted octanol–water partition coefficient (Wildman–Crippen LogP) is 4.09. The smallest absolute Gasteiger partial charge is 0.243 e. The lowest BCUT2D eigenvalue weighted by atomic mass is 9.99. The van der Waals surface area contributed by atoms with Crippen LogP contribution in [0, 0.1) is 17.2 Å². The van der Waals surface area contributed by atoms with Gasteiger partial charge < -0.3 is 5.41 Å². The van der Waals surface area contributed by atoms with Crippen LogP contribution in [0.15, 0.2) is 0 Å². The molecule has 148 valence electrons. The van der Waals surface area contributed by atoms with Crippen molar-refractivity contribution in [2.24, 2.45) is 11.8 Å². The van der Waals surface area contributed by atoms with E-state index in [1.807, 2.05) is 20.8 Å². The molecule has 26 heavy (non-hydrogen) atoms. The highest BCUT2D eigenvalue weighted by Crippen LogP contribution is 2.29. The molecule has 0 aromatic carbocycles. The molecule has 1 aliphatic heterocycles. The first kappa shape index (κ1) is 22.9. The second-order valence-corrected chi connectivity index (χ2v) is 9.17. The van der Waals surface area contributed by atoms with Gasteiger partial charge in [-0.3, -0.25) is 19.3 Å². The molecule has 1 heterocycles. The molecule has 1 aliphatic rings. The summed E-state index contributed by atoms with van der Waals surface area (Å²) >= 11 is 1.52. The third kappa shape index (κ3) is 6.86. The van der Waals surface area contributed by atoms with E-state index in [-0.39, 0.29) is 47.6 Å². The van der Waals surface area contributed by atoms with Crippen molar-refractivity contribution in [3.8, 4) is 0 Å². The Kier molecular flexibility index (Phi) is 9.55. The molecule has 6 heteroatoms. The molecule has 0 aromatic rings. The number of carbonyl (C=O) groups excluding carboxylic acids is 3. The van der Waals surface area contributed by atoms with Gasteiger partial charge in [-0.25, -0.2) is 0 Å². The van der Waals surface area contributed by atoms with Gasteiger partial charge in [0.05, 0.1) is 5.25 Å². The second kappa shape index (κ2) is 10.9. The van der Waals surface area contributed by atoms with Gasteiger partial charge in [-0.05, 0) is 37.4 Å². The average molecular weight is 383 g/mol. The molecule has 0 spiro atoms. The van der Waals surface area contributed by atoms with Crippen LogP contribution in [0.2, 0.25) is 0 Å². The number of hydrogen-bond acceptors (Lipinski definition) is 5. The number of imide groups is 1. The van der Waals surface area contributed by atoms with Crippen molar-refractivity contribution in [2.75, 3.05) is 5.75 Å². The predicted molar refractivity (Wildman–Crippen MR) is 108 cm³/mol. The number of thioether (sulfide) groups is 1. The molecule has 0 bridgehead atoms. The molecular weight excluding hydrogens is 348 g/mol. The number of ketones is 1. The maximum Gasteiger partial charge on any atom is 0.243 e. The summed E-state index contributed by atoms with van der Waals surface area (Å²) in [6.07, 6.45) is 3.54. The van der Waals surface area contributed by atoms with Crippen LogP contribution in [0.5, 0.6) is 0 Å².